The largest absolute Gasteiger partial charge is 0.285 e. The third-order valence-corrected chi connectivity index (χ3v) is 5.11. The van der Waals surface area contributed by atoms with Crippen LogP contribution in [0.5, 0.6) is 0 Å². The van der Waals surface area contributed by atoms with E-state index in [2.05, 4.69) is 0 Å². The third kappa shape index (κ3) is 4.35. The fourth-order valence-electron chi connectivity index (χ4n) is 3.33. The summed E-state index contributed by atoms with van der Waals surface area (Å²) >= 11 is 0. The summed E-state index contributed by atoms with van der Waals surface area (Å²) in [5, 5.41) is 0. The molecule has 0 saturated carbocycles. The Bertz CT molecular complexity index is 1170. The molecule has 4 nitrogen and oxygen atoms in total. The van der Waals surface area contributed by atoms with Gasteiger partial charge in [-0.25, -0.2) is 0 Å². The summed E-state index contributed by atoms with van der Waals surface area (Å²) in [7, 11) is 0. The Balaban J connectivity index is 0.000000153. The molecule has 0 unspecified atom stereocenters. The molecule has 0 amide bonds. The molecule has 0 aliphatic heterocycles. The van der Waals surface area contributed by atoms with E-state index in [0.717, 1.165) is 11.1 Å². The molecule has 0 radical (unpaired) electrons. The second kappa shape index (κ2) is 9.14. The predicted molar refractivity (Wildman–Crippen MR) is 122 cm³/mol. The normalized spacial score (nSPS) is 11.5. The van der Waals surface area contributed by atoms with E-state index in [9.17, 15) is 19.2 Å². The Kier molecular flexibility index (Phi) is 5.95. The van der Waals surface area contributed by atoms with Crippen LogP contribution in [0.3, 0.4) is 0 Å². The first-order valence-electron chi connectivity index (χ1n) is 10.0. The molecule has 0 spiro atoms. The fourth-order valence-corrected chi connectivity index (χ4v) is 3.33. The highest BCUT2D eigenvalue weighted by molar-refractivity contribution is 6.49. The van der Waals surface area contributed by atoms with Crippen molar-refractivity contribution in [2.24, 2.45) is 0 Å². The standard InChI is InChI=1S/C14H8O2.C14H10O2/c15-13-11-5-1-9(2-6-11)10-3-7-12(8-4-10)14(13)16;15-13(11-7-3-1-4-8-11)14(16)12-9-5-2-6-10-12/h1-8H;1-10H. The number of hydrogen-bond donors (Lipinski definition) is 0. The van der Waals surface area contributed by atoms with Gasteiger partial charge in [-0.3, -0.25) is 19.2 Å². The summed E-state index contributed by atoms with van der Waals surface area (Å²) in [5.74, 6) is -1.82. The lowest BCUT2D eigenvalue weighted by molar-refractivity contribution is 0.0817. The van der Waals surface area contributed by atoms with E-state index in [4.69, 9.17) is 0 Å². The van der Waals surface area contributed by atoms with Gasteiger partial charge in [-0.1, -0.05) is 109 Å². The monoisotopic (exact) mass is 418 g/mol. The molecule has 4 aromatic carbocycles. The van der Waals surface area contributed by atoms with Crippen molar-refractivity contribution >= 4 is 23.1 Å². The van der Waals surface area contributed by atoms with Crippen LogP contribution < -0.4 is 0 Å². The van der Waals surface area contributed by atoms with Crippen LogP contribution in [0.15, 0.2) is 109 Å². The van der Waals surface area contributed by atoms with Crippen LogP contribution in [0, 0.1) is 0 Å². The van der Waals surface area contributed by atoms with Crippen molar-refractivity contribution in [3.8, 4) is 11.1 Å². The van der Waals surface area contributed by atoms with Gasteiger partial charge in [-0.15, -0.1) is 0 Å². The third-order valence-electron chi connectivity index (χ3n) is 5.11. The number of hydrogen-bond acceptors (Lipinski definition) is 4. The summed E-state index contributed by atoms with van der Waals surface area (Å²) in [5.41, 5.74) is 3.87. The Labute approximate surface area is 185 Å². The molecule has 0 aromatic heterocycles. The second-order valence-electron chi connectivity index (χ2n) is 7.20. The maximum absolute atomic E-state index is 11.8. The summed E-state index contributed by atoms with van der Waals surface area (Å²) in [4.78, 5) is 47.2. The predicted octanol–water partition coefficient (Wildman–Crippen LogP) is 5.48. The lowest BCUT2D eigenvalue weighted by atomic mass is 9.94. The zero-order chi connectivity index (χ0) is 22.5. The lowest BCUT2D eigenvalue weighted by Gasteiger charge is -2.08. The molecular weight excluding hydrogens is 400 g/mol. The van der Waals surface area contributed by atoms with Gasteiger partial charge < -0.3 is 0 Å². The first-order valence-corrected chi connectivity index (χ1v) is 10.0. The SMILES string of the molecule is O=C(C(=O)c1ccccc1)c1ccccc1.O=C1C(=O)c2ccc(cc2)-c2ccc1cc2. The van der Waals surface area contributed by atoms with Crippen LogP contribution >= 0.6 is 0 Å². The van der Waals surface area contributed by atoms with Crippen LogP contribution in [-0.4, -0.2) is 23.1 Å². The molecule has 0 atom stereocenters. The van der Waals surface area contributed by atoms with Crippen molar-refractivity contribution in [1.29, 1.82) is 0 Å². The number of carbonyl (C=O) groups excluding carboxylic acids is 4. The summed E-state index contributed by atoms with van der Waals surface area (Å²) in [6, 6.07) is 31.4. The van der Waals surface area contributed by atoms with Crippen LogP contribution in [0.4, 0.5) is 0 Å². The number of ketones is 4. The molecule has 4 bridgehead atoms. The van der Waals surface area contributed by atoms with Crippen molar-refractivity contribution < 1.29 is 19.2 Å². The quantitative estimate of drug-likeness (QED) is 0.326. The maximum Gasteiger partial charge on any atom is 0.233 e. The minimum absolute atomic E-state index is 0.427. The van der Waals surface area contributed by atoms with Crippen molar-refractivity contribution in [1.82, 2.24) is 0 Å². The molecule has 8 rings (SSSR count). The van der Waals surface area contributed by atoms with Crippen LogP contribution in [0.2, 0.25) is 0 Å². The van der Waals surface area contributed by atoms with Crippen LogP contribution in [0.1, 0.15) is 41.4 Å². The summed E-state index contributed by atoms with van der Waals surface area (Å²) in [6.45, 7) is 0. The molecule has 0 N–H and O–H groups in total. The Morgan fingerprint density at radius 2 is 0.656 bits per heavy atom. The van der Waals surface area contributed by atoms with E-state index in [1.54, 1.807) is 72.8 Å². The van der Waals surface area contributed by atoms with E-state index in [1.807, 2.05) is 36.4 Å². The van der Waals surface area contributed by atoms with Crippen LogP contribution in [0.25, 0.3) is 11.1 Å². The lowest BCUT2D eigenvalue weighted by Crippen LogP contribution is -2.14. The molecule has 4 aromatic rings. The summed E-state index contributed by atoms with van der Waals surface area (Å²) < 4.78 is 0. The van der Waals surface area contributed by atoms with Gasteiger partial charge in [0, 0.05) is 22.3 Å². The smallest absolute Gasteiger partial charge is 0.233 e. The second-order valence-corrected chi connectivity index (χ2v) is 7.20. The van der Waals surface area contributed by atoms with Crippen molar-refractivity contribution in [2.45, 2.75) is 0 Å². The van der Waals surface area contributed by atoms with Crippen molar-refractivity contribution in [3.63, 3.8) is 0 Å². The topological polar surface area (TPSA) is 68.3 Å². The van der Waals surface area contributed by atoms with Gasteiger partial charge in [-0.2, -0.15) is 0 Å². The van der Waals surface area contributed by atoms with E-state index < -0.39 is 23.1 Å². The highest BCUT2D eigenvalue weighted by Crippen LogP contribution is 2.23. The molecule has 4 aliphatic rings. The van der Waals surface area contributed by atoms with Gasteiger partial charge in [-0.05, 0) is 11.1 Å². The molecule has 154 valence electrons. The number of rotatable bonds is 3. The van der Waals surface area contributed by atoms with Gasteiger partial charge in [0.2, 0.25) is 23.1 Å². The average molecular weight is 418 g/mol. The van der Waals surface area contributed by atoms with E-state index in [-0.39, 0.29) is 0 Å². The number of Topliss-reactive ketones (excluding diaryl/α,β-unsaturated/α-hetero) is 4. The summed E-state index contributed by atoms with van der Waals surface area (Å²) in [6.07, 6.45) is 0. The average Bonchev–Trinajstić information content (AvgIpc) is 2.88. The van der Waals surface area contributed by atoms with E-state index >= 15 is 0 Å². The molecule has 0 fully saturated rings. The van der Waals surface area contributed by atoms with Crippen molar-refractivity contribution in [3.05, 3.63) is 131 Å². The fraction of sp³-hybridized carbons (Fsp3) is 0. The van der Waals surface area contributed by atoms with Gasteiger partial charge in [0.15, 0.2) is 0 Å². The Morgan fingerprint density at radius 3 is 0.969 bits per heavy atom. The minimum Gasteiger partial charge on any atom is -0.285 e. The number of benzene rings is 4. The highest BCUT2D eigenvalue weighted by atomic mass is 16.2. The maximum atomic E-state index is 11.8. The molecule has 4 heteroatoms. The molecule has 0 heterocycles. The number of carbonyl (C=O) groups is 4. The molecule has 4 aliphatic carbocycles. The first-order chi connectivity index (χ1) is 15.5. The van der Waals surface area contributed by atoms with Gasteiger partial charge in [0.05, 0.1) is 0 Å². The zero-order valence-electron chi connectivity index (χ0n) is 17.0. The molecule has 32 heavy (non-hydrogen) atoms. The van der Waals surface area contributed by atoms with E-state index in [1.165, 1.54) is 0 Å². The zero-order valence-corrected chi connectivity index (χ0v) is 17.0. The first kappa shape index (κ1) is 20.8. The molecular formula is C28H18O4. The van der Waals surface area contributed by atoms with Crippen molar-refractivity contribution in [2.75, 3.05) is 0 Å². The molecule has 0 saturated heterocycles. The highest BCUT2D eigenvalue weighted by Gasteiger charge is 2.19. The Morgan fingerprint density at radius 1 is 0.375 bits per heavy atom. The van der Waals surface area contributed by atoms with E-state index in [0.29, 0.717) is 22.3 Å². The van der Waals surface area contributed by atoms with Gasteiger partial charge in [0.25, 0.3) is 0 Å². The van der Waals surface area contributed by atoms with Crippen LogP contribution in [-0.2, 0) is 0 Å². The van der Waals surface area contributed by atoms with Gasteiger partial charge >= 0.3 is 0 Å². The minimum atomic E-state index is -0.466. The Hall–Kier alpha value is -4.44. The van der Waals surface area contributed by atoms with Gasteiger partial charge in [0.1, 0.15) is 0 Å².